The zero-order chi connectivity index (χ0) is 16.2. The maximum atomic E-state index is 10.6. The van der Waals surface area contributed by atoms with E-state index in [-0.39, 0.29) is 0 Å². The lowest BCUT2D eigenvalue weighted by atomic mass is 9.98. The van der Waals surface area contributed by atoms with Gasteiger partial charge in [0.05, 0.1) is 17.8 Å². The van der Waals surface area contributed by atoms with Crippen LogP contribution in [0.3, 0.4) is 0 Å². The summed E-state index contributed by atoms with van der Waals surface area (Å²) in [6.45, 7) is 3.79. The zero-order valence-corrected chi connectivity index (χ0v) is 13.7. The largest absolute Gasteiger partial charge is 0.388 e. The molecule has 1 aromatic heterocycles. The second-order valence-corrected chi connectivity index (χ2v) is 6.14. The Morgan fingerprint density at radius 1 is 1.17 bits per heavy atom. The lowest BCUT2D eigenvalue weighted by Crippen LogP contribution is -2.21. The number of rotatable bonds is 6. The molecule has 2 aromatic carbocycles. The van der Waals surface area contributed by atoms with Crippen LogP contribution >= 0.6 is 0 Å². The van der Waals surface area contributed by atoms with E-state index in [1.165, 1.54) is 5.56 Å². The van der Waals surface area contributed by atoms with Crippen LogP contribution in [0.2, 0.25) is 0 Å². The van der Waals surface area contributed by atoms with Gasteiger partial charge in [0.25, 0.3) is 0 Å². The molecule has 0 aliphatic carbocycles. The average Bonchev–Trinajstić information content (AvgIpc) is 3.03. The molecule has 0 saturated heterocycles. The van der Waals surface area contributed by atoms with Crippen molar-refractivity contribution in [3.8, 4) is 0 Å². The summed E-state index contributed by atoms with van der Waals surface area (Å²) in [7, 11) is 2.09. The van der Waals surface area contributed by atoms with Crippen molar-refractivity contribution in [1.29, 1.82) is 0 Å². The third-order valence-corrected chi connectivity index (χ3v) is 4.37. The summed E-state index contributed by atoms with van der Waals surface area (Å²) in [4.78, 5) is 2.24. The van der Waals surface area contributed by atoms with E-state index in [1.807, 2.05) is 31.3 Å². The van der Waals surface area contributed by atoms with Crippen LogP contribution in [0.1, 0.15) is 29.2 Å². The first-order valence-corrected chi connectivity index (χ1v) is 7.98. The van der Waals surface area contributed by atoms with Gasteiger partial charge in [0, 0.05) is 18.5 Å². The highest BCUT2D eigenvalue weighted by Crippen LogP contribution is 2.26. The van der Waals surface area contributed by atoms with Crippen molar-refractivity contribution < 1.29 is 5.11 Å². The molecule has 0 aliphatic heterocycles. The second-order valence-electron chi connectivity index (χ2n) is 6.14. The summed E-state index contributed by atoms with van der Waals surface area (Å²) in [5.74, 6) is 0. The van der Waals surface area contributed by atoms with E-state index in [0.29, 0.717) is 6.42 Å². The molecule has 1 atom stereocenters. The van der Waals surface area contributed by atoms with Crippen LogP contribution in [0.4, 0.5) is 0 Å². The van der Waals surface area contributed by atoms with Gasteiger partial charge in [-0.1, -0.05) is 36.4 Å². The molecular weight excluding hydrogens is 286 g/mol. The predicted octanol–water partition coefficient (Wildman–Crippen LogP) is 3.43. The molecule has 3 aromatic rings. The molecular formula is C19H23N3O. The molecule has 0 spiro atoms. The van der Waals surface area contributed by atoms with Crippen molar-refractivity contribution in [3.63, 3.8) is 0 Å². The SMILES string of the molecule is Cc1c(C(O)CCN(C)Cc2ccccc2)ccc2[nH]ncc12. The zero-order valence-electron chi connectivity index (χ0n) is 13.7. The van der Waals surface area contributed by atoms with Crippen molar-refractivity contribution in [1.82, 2.24) is 15.1 Å². The fourth-order valence-corrected chi connectivity index (χ4v) is 3.01. The maximum Gasteiger partial charge on any atom is 0.0805 e. The summed E-state index contributed by atoms with van der Waals surface area (Å²) in [5.41, 5.74) is 4.40. The number of aryl methyl sites for hydroxylation is 1. The number of benzene rings is 2. The van der Waals surface area contributed by atoms with Crippen LogP contribution < -0.4 is 0 Å². The van der Waals surface area contributed by atoms with Crippen molar-refractivity contribution >= 4 is 10.9 Å². The number of nitrogens with zero attached hydrogens (tertiary/aromatic N) is 2. The van der Waals surface area contributed by atoms with Crippen molar-refractivity contribution in [2.45, 2.75) is 26.0 Å². The van der Waals surface area contributed by atoms with Gasteiger partial charge in [-0.05, 0) is 43.1 Å². The highest BCUT2D eigenvalue weighted by atomic mass is 16.3. The minimum Gasteiger partial charge on any atom is -0.388 e. The quantitative estimate of drug-likeness (QED) is 0.733. The summed E-state index contributed by atoms with van der Waals surface area (Å²) < 4.78 is 0. The minimum absolute atomic E-state index is 0.451. The Labute approximate surface area is 136 Å². The van der Waals surface area contributed by atoms with Gasteiger partial charge in [0.15, 0.2) is 0 Å². The lowest BCUT2D eigenvalue weighted by Gasteiger charge is -2.20. The summed E-state index contributed by atoms with van der Waals surface area (Å²) >= 11 is 0. The monoisotopic (exact) mass is 309 g/mol. The van der Waals surface area contributed by atoms with Gasteiger partial charge in [-0.25, -0.2) is 0 Å². The Balaban J connectivity index is 1.62. The molecule has 1 unspecified atom stereocenters. The first kappa shape index (κ1) is 15.7. The van der Waals surface area contributed by atoms with E-state index in [1.54, 1.807) is 0 Å². The van der Waals surface area contributed by atoms with Crippen LogP contribution in [0.5, 0.6) is 0 Å². The molecule has 0 radical (unpaired) electrons. The number of fused-ring (bicyclic) bond motifs is 1. The van der Waals surface area contributed by atoms with Crippen LogP contribution in [-0.2, 0) is 6.54 Å². The number of nitrogens with one attached hydrogen (secondary N) is 1. The number of aromatic nitrogens is 2. The van der Waals surface area contributed by atoms with Gasteiger partial charge in [-0.15, -0.1) is 0 Å². The van der Waals surface area contributed by atoms with Crippen LogP contribution in [0.15, 0.2) is 48.7 Å². The number of hydrogen-bond acceptors (Lipinski definition) is 3. The van der Waals surface area contributed by atoms with E-state index in [9.17, 15) is 5.11 Å². The van der Waals surface area contributed by atoms with Gasteiger partial charge in [0.2, 0.25) is 0 Å². The topological polar surface area (TPSA) is 52.1 Å². The van der Waals surface area contributed by atoms with E-state index < -0.39 is 6.10 Å². The van der Waals surface area contributed by atoms with Crippen molar-refractivity contribution in [2.24, 2.45) is 0 Å². The average molecular weight is 309 g/mol. The molecule has 0 bridgehead atoms. The number of aliphatic hydroxyl groups is 1. The summed E-state index contributed by atoms with van der Waals surface area (Å²) in [5, 5.41) is 18.7. The van der Waals surface area contributed by atoms with Gasteiger partial charge in [-0.3, -0.25) is 5.10 Å². The Bertz CT molecular complexity index is 767. The van der Waals surface area contributed by atoms with Gasteiger partial charge in [0.1, 0.15) is 0 Å². The lowest BCUT2D eigenvalue weighted by molar-refractivity contribution is 0.147. The minimum atomic E-state index is -0.451. The van der Waals surface area contributed by atoms with Crippen molar-refractivity contribution in [2.75, 3.05) is 13.6 Å². The molecule has 0 fully saturated rings. The van der Waals surface area contributed by atoms with E-state index >= 15 is 0 Å². The number of aliphatic hydroxyl groups excluding tert-OH is 1. The molecule has 4 heteroatoms. The first-order valence-electron chi connectivity index (χ1n) is 7.98. The smallest absolute Gasteiger partial charge is 0.0805 e. The summed E-state index contributed by atoms with van der Waals surface area (Å²) in [6.07, 6.45) is 2.09. The molecule has 1 heterocycles. The first-order chi connectivity index (χ1) is 11.1. The normalized spacial score (nSPS) is 12.9. The van der Waals surface area contributed by atoms with Gasteiger partial charge >= 0.3 is 0 Å². The Kier molecular flexibility index (Phi) is 4.74. The molecule has 0 saturated carbocycles. The molecule has 3 rings (SSSR count). The fraction of sp³-hybridized carbons (Fsp3) is 0.316. The molecule has 4 nitrogen and oxygen atoms in total. The Hall–Kier alpha value is -2.17. The molecule has 23 heavy (non-hydrogen) atoms. The Morgan fingerprint density at radius 3 is 2.74 bits per heavy atom. The van der Waals surface area contributed by atoms with Gasteiger partial charge in [-0.2, -0.15) is 5.10 Å². The van der Waals surface area contributed by atoms with E-state index in [2.05, 4.69) is 46.4 Å². The molecule has 0 aliphatic rings. The fourth-order valence-electron chi connectivity index (χ4n) is 3.01. The van der Waals surface area contributed by atoms with Crippen LogP contribution in [0.25, 0.3) is 10.9 Å². The number of H-pyrrole nitrogens is 1. The van der Waals surface area contributed by atoms with E-state index in [0.717, 1.165) is 35.1 Å². The predicted molar refractivity (Wildman–Crippen MR) is 93.2 cm³/mol. The third kappa shape index (κ3) is 3.60. The standard InChI is InChI=1S/C19H23N3O/c1-14-16(8-9-18-17(14)12-20-21-18)19(23)10-11-22(2)13-15-6-4-3-5-7-15/h3-9,12,19,23H,10-11,13H2,1-2H3,(H,20,21). The van der Waals surface area contributed by atoms with Gasteiger partial charge < -0.3 is 10.0 Å². The molecule has 120 valence electrons. The Morgan fingerprint density at radius 2 is 1.96 bits per heavy atom. The third-order valence-electron chi connectivity index (χ3n) is 4.37. The number of aromatic amines is 1. The maximum absolute atomic E-state index is 10.6. The number of hydrogen-bond donors (Lipinski definition) is 2. The molecule has 2 N–H and O–H groups in total. The van der Waals surface area contributed by atoms with Crippen LogP contribution in [0, 0.1) is 6.92 Å². The summed E-state index contributed by atoms with van der Waals surface area (Å²) in [6, 6.07) is 14.4. The van der Waals surface area contributed by atoms with Crippen molar-refractivity contribution in [3.05, 3.63) is 65.4 Å². The van der Waals surface area contributed by atoms with Crippen LogP contribution in [-0.4, -0.2) is 33.8 Å². The van der Waals surface area contributed by atoms with E-state index in [4.69, 9.17) is 0 Å². The highest BCUT2D eigenvalue weighted by molar-refractivity contribution is 5.82. The second kappa shape index (κ2) is 6.94. The molecule has 0 amide bonds. The highest BCUT2D eigenvalue weighted by Gasteiger charge is 2.14.